The molecule has 1 fully saturated rings. The van der Waals surface area contributed by atoms with Crippen molar-refractivity contribution in [3.8, 4) is 0 Å². The van der Waals surface area contributed by atoms with Crippen LogP contribution < -0.4 is 5.32 Å². The minimum absolute atomic E-state index is 0.124. The van der Waals surface area contributed by atoms with E-state index in [0.29, 0.717) is 6.42 Å². The normalized spacial score (nSPS) is 27.0. The summed E-state index contributed by atoms with van der Waals surface area (Å²) in [6, 6.07) is 7.52. The number of ether oxygens (including phenoxy) is 1. The van der Waals surface area contributed by atoms with Gasteiger partial charge in [-0.15, -0.1) is 0 Å². The van der Waals surface area contributed by atoms with Gasteiger partial charge in [-0.25, -0.2) is 0 Å². The highest BCUT2D eigenvalue weighted by Crippen LogP contribution is 2.45. The fourth-order valence-electron chi connectivity index (χ4n) is 3.51. The molecule has 1 aromatic carbocycles. The maximum absolute atomic E-state index is 12.5. The minimum atomic E-state index is -1.10. The predicted molar refractivity (Wildman–Crippen MR) is 84.6 cm³/mol. The zero-order valence-corrected chi connectivity index (χ0v) is 13.1. The molecule has 118 valence electrons. The summed E-state index contributed by atoms with van der Waals surface area (Å²) in [5.74, 6) is -0.0705. The number of rotatable bonds is 5. The molecule has 0 radical (unpaired) electrons. The first-order valence-corrected chi connectivity index (χ1v) is 8.26. The summed E-state index contributed by atoms with van der Waals surface area (Å²) in [7, 11) is 0. The molecule has 4 nitrogen and oxygen atoms in total. The topological polar surface area (TPSA) is 55.4 Å². The third kappa shape index (κ3) is 2.68. The van der Waals surface area contributed by atoms with Crippen molar-refractivity contribution >= 4 is 17.4 Å². The van der Waals surface area contributed by atoms with Gasteiger partial charge < -0.3 is 10.1 Å². The number of unbranched alkanes of at least 4 members (excludes halogenated alkanes) is 3. The lowest BCUT2D eigenvalue weighted by Crippen LogP contribution is -2.47. The summed E-state index contributed by atoms with van der Waals surface area (Å²) < 4.78 is 6.19. The van der Waals surface area contributed by atoms with Crippen LogP contribution >= 0.6 is 0 Å². The number of amides is 1. The zero-order valence-electron chi connectivity index (χ0n) is 13.1. The monoisotopic (exact) mass is 301 g/mol. The van der Waals surface area contributed by atoms with Crippen molar-refractivity contribution < 1.29 is 14.3 Å². The van der Waals surface area contributed by atoms with Crippen LogP contribution in [0.25, 0.3) is 0 Å². The number of carbonyl (C=O) groups is 2. The van der Waals surface area contributed by atoms with Crippen LogP contribution in [0, 0.1) is 0 Å². The molecule has 0 saturated carbocycles. The highest BCUT2D eigenvalue weighted by molar-refractivity contribution is 6.07. The summed E-state index contributed by atoms with van der Waals surface area (Å²) in [4.78, 5) is 24.7. The van der Waals surface area contributed by atoms with Gasteiger partial charge in [0, 0.05) is 24.1 Å². The molecular weight excluding hydrogens is 278 g/mol. The van der Waals surface area contributed by atoms with Gasteiger partial charge >= 0.3 is 0 Å². The summed E-state index contributed by atoms with van der Waals surface area (Å²) in [6.45, 7) is 2.18. The van der Waals surface area contributed by atoms with E-state index in [1.54, 1.807) is 0 Å². The largest absolute Gasteiger partial charge is 0.356 e. The predicted octanol–water partition coefficient (Wildman–Crippen LogP) is 3.55. The van der Waals surface area contributed by atoms with E-state index < -0.39 is 5.60 Å². The molecule has 0 aliphatic carbocycles. The zero-order chi connectivity index (χ0) is 15.6. The number of anilines is 1. The summed E-state index contributed by atoms with van der Waals surface area (Å²) >= 11 is 0. The fraction of sp³-hybridized carbons (Fsp3) is 0.556. The Balaban J connectivity index is 1.78. The average molecular weight is 301 g/mol. The molecule has 4 heteroatoms. The molecule has 1 unspecified atom stereocenters. The van der Waals surface area contributed by atoms with Crippen molar-refractivity contribution in [2.24, 2.45) is 0 Å². The van der Waals surface area contributed by atoms with Crippen molar-refractivity contribution in [3.63, 3.8) is 0 Å². The van der Waals surface area contributed by atoms with E-state index in [1.807, 2.05) is 24.3 Å². The van der Waals surface area contributed by atoms with Gasteiger partial charge in [-0.05, 0) is 12.5 Å². The smallest absolute Gasteiger partial charge is 0.261 e. The molecular formula is C18H23NO3. The fourth-order valence-corrected chi connectivity index (χ4v) is 3.51. The highest BCUT2D eigenvalue weighted by Gasteiger charge is 2.53. The van der Waals surface area contributed by atoms with E-state index in [2.05, 4.69) is 12.2 Å². The third-order valence-electron chi connectivity index (χ3n) is 4.63. The lowest BCUT2D eigenvalue weighted by molar-refractivity contribution is -0.170. The van der Waals surface area contributed by atoms with Gasteiger partial charge in [-0.2, -0.15) is 0 Å². The van der Waals surface area contributed by atoms with Crippen LogP contribution in [0.4, 0.5) is 5.69 Å². The molecule has 2 aliphatic heterocycles. The first-order valence-electron chi connectivity index (χ1n) is 8.26. The Labute approximate surface area is 131 Å². The highest BCUT2D eigenvalue weighted by atomic mass is 16.5. The Bertz CT molecular complexity index is 583. The molecule has 1 aromatic rings. The molecule has 1 spiro atoms. The Morgan fingerprint density at radius 1 is 1.23 bits per heavy atom. The number of fused-ring (bicyclic) bond motifs is 2. The summed E-state index contributed by atoms with van der Waals surface area (Å²) in [5, 5.41) is 2.86. The van der Waals surface area contributed by atoms with E-state index in [-0.39, 0.29) is 24.2 Å². The molecule has 3 rings (SSSR count). The van der Waals surface area contributed by atoms with Gasteiger partial charge in [0.25, 0.3) is 5.91 Å². The standard InChI is InChI=1S/C18H23NO3/c1-2-3-4-5-8-14-11-13(20)12-18(22-14)15-9-6-7-10-16(15)19-17(18)21/h6-7,9-10,14H,2-5,8,11-12H2,1H3,(H,19,21)/t14-,18?/m1/s1. The molecule has 22 heavy (non-hydrogen) atoms. The molecule has 1 amide bonds. The number of Topliss-reactive ketones (excluding diaryl/α,β-unsaturated/α-hetero) is 1. The molecule has 2 aliphatic rings. The van der Waals surface area contributed by atoms with Crippen molar-refractivity contribution in [2.75, 3.05) is 5.32 Å². The second-order valence-electron chi connectivity index (χ2n) is 6.34. The number of hydrogen-bond acceptors (Lipinski definition) is 3. The van der Waals surface area contributed by atoms with Crippen molar-refractivity contribution in [1.29, 1.82) is 0 Å². The molecule has 1 saturated heterocycles. The molecule has 2 heterocycles. The van der Waals surface area contributed by atoms with Gasteiger partial charge in [0.1, 0.15) is 5.78 Å². The molecule has 0 bridgehead atoms. The summed E-state index contributed by atoms with van der Waals surface area (Å²) in [6.07, 6.45) is 5.88. The van der Waals surface area contributed by atoms with E-state index in [4.69, 9.17) is 4.74 Å². The SMILES string of the molecule is CCCCCC[C@@H]1CC(=O)CC2(O1)C(=O)Nc1ccccc12. The van der Waals surface area contributed by atoms with Crippen molar-refractivity contribution in [3.05, 3.63) is 29.8 Å². The lowest BCUT2D eigenvalue weighted by atomic mass is 9.84. The number of ketones is 1. The van der Waals surface area contributed by atoms with Crippen LogP contribution in [0.1, 0.15) is 57.4 Å². The quantitative estimate of drug-likeness (QED) is 0.846. The Morgan fingerprint density at radius 3 is 2.86 bits per heavy atom. The first kappa shape index (κ1) is 15.2. The number of para-hydroxylation sites is 1. The van der Waals surface area contributed by atoms with E-state index >= 15 is 0 Å². The van der Waals surface area contributed by atoms with Crippen LogP contribution in [-0.2, 0) is 19.9 Å². The Hall–Kier alpha value is -1.68. The molecule has 1 N–H and O–H groups in total. The second-order valence-corrected chi connectivity index (χ2v) is 6.34. The number of nitrogens with one attached hydrogen (secondary N) is 1. The maximum Gasteiger partial charge on any atom is 0.261 e. The molecule has 2 atom stereocenters. The first-order chi connectivity index (χ1) is 10.7. The van der Waals surface area contributed by atoms with Gasteiger partial charge in [0.15, 0.2) is 5.60 Å². The van der Waals surface area contributed by atoms with E-state index in [0.717, 1.165) is 30.5 Å². The van der Waals surface area contributed by atoms with E-state index in [1.165, 1.54) is 12.8 Å². The Morgan fingerprint density at radius 2 is 2.05 bits per heavy atom. The number of benzene rings is 1. The second kappa shape index (κ2) is 6.21. The van der Waals surface area contributed by atoms with Crippen LogP contribution in [0.3, 0.4) is 0 Å². The number of hydrogen-bond donors (Lipinski definition) is 1. The van der Waals surface area contributed by atoms with Gasteiger partial charge in [-0.1, -0.05) is 50.8 Å². The average Bonchev–Trinajstić information content (AvgIpc) is 2.76. The maximum atomic E-state index is 12.5. The van der Waals surface area contributed by atoms with Crippen LogP contribution in [0.5, 0.6) is 0 Å². The van der Waals surface area contributed by atoms with Gasteiger partial charge in [0.05, 0.1) is 6.10 Å². The van der Waals surface area contributed by atoms with E-state index in [9.17, 15) is 9.59 Å². The summed E-state index contributed by atoms with van der Waals surface area (Å²) in [5.41, 5.74) is 0.486. The van der Waals surface area contributed by atoms with Crippen molar-refractivity contribution in [2.45, 2.75) is 63.6 Å². The lowest BCUT2D eigenvalue weighted by Gasteiger charge is -2.36. The minimum Gasteiger partial charge on any atom is -0.356 e. The van der Waals surface area contributed by atoms with Crippen LogP contribution in [0.15, 0.2) is 24.3 Å². The number of carbonyl (C=O) groups excluding carboxylic acids is 2. The van der Waals surface area contributed by atoms with Gasteiger partial charge in [0.2, 0.25) is 0 Å². The van der Waals surface area contributed by atoms with Crippen LogP contribution in [0.2, 0.25) is 0 Å². The third-order valence-corrected chi connectivity index (χ3v) is 4.63. The molecule has 0 aromatic heterocycles. The van der Waals surface area contributed by atoms with Gasteiger partial charge in [-0.3, -0.25) is 9.59 Å². The Kier molecular flexibility index (Phi) is 4.30. The van der Waals surface area contributed by atoms with Crippen molar-refractivity contribution in [1.82, 2.24) is 0 Å². The van der Waals surface area contributed by atoms with Crippen LogP contribution in [-0.4, -0.2) is 17.8 Å².